The van der Waals surface area contributed by atoms with E-state index < -0.39 is 35.1 Å². The Morgan fingerprint density at radius 3 is 2.49 bits per heavy atom. The molecule has 1 aliphatic heterocycles. The van der Waals surface area contributed by atoms with E-state index in [1.807, 2.05) is 7.05 Å². The lowest BCUT2D eigenvalue weighted by Gasteiger charge is -2.35. The van der Waals surface area contributed by atoms with Crippen LogP contribution in [0.3, 0.4) is 0 Å². The fourth-order valence-corrected chi connectivity index (χ4v) is 4.78. The SMILES string of the molecule is COC1=CC(C)(C(=O)NC2CCN(C)CC2)C(F)C=C1Nc1ncc(C(F)(F)F)c(OC2CCCC2)n1. The van der Waals surface area contributed by atoms with Gasteiger partial charge in [-0.1, -0.05) is 0 Å². The van der Waals surface area contributed by atoms with Gasteiger partial charge in [-0.15, -0.1) is 0 Å². The number of alkyl halides is 4. The zero-order valence-corrected chi connectivity index (χ0v) is 21.2. The first kappa shape index (κ1) is 27.2. The number of amides is 1. The number of allylic oxidation sites excluding steroid dienone is 1. The minimum absolute atomic E-state index is 0.0468. The van der Waals surface area contributed by atoms with Gasteiger partial charge in [-0.3, -0.25) is 4.79 Å². The average Bonchev–Trinajstić information content (AvgIpc) is 3.35. The van der Waals surface area contributed by atoms with Gasteiger partial charge in [0.2, 0.25) is 17.7 Å². The van der Waals surface area contributed by atoms with Gasteiger partial charge in [0, 0.05) is 12.2 Å². The van der Waals surface area contributed by atoms with Crippen molar-refractivity contribution >= 4 is 11.9 Å². The predicted molar refractivity (Wildman–Crippen MR) is 128 cm³/mol. The van der Waals surface area contributed by atoms with E-state index in [1.54, 1.807) is 0 Å². The van der Waals surface area contributed by atoms with Gasteiger partial charge in [0.05, 0.1) is 12.8 Å². The Balaban J connectivity index is 1.52. The second kappa shape index (κ2) is 10.8. The molecule has 2 fully saturated rings. The smallest absolute Gasteiger partial charge is 0.423 e. The van der Waals surface area contributed by atoms with Crippen molar-refractivity contribution in [2.45, 2.75) is 69.9 Å². The van der Waals surface area contributed by atoms with Gasteiger partial charge in [0.1, 0.15) is 29.0 Å². The summed E-state index contributed by atoms with van der Waals surface area (Å²) in [6.07, 6.45) is 0.988. The van der Waals surface area contributed by atoms with E-state index in [0.717, 1.165) is 44.8 Å². The van der Waals surface area contributed by atoms with Crippen LogP contribution in [0.1, 0.15) is 51.0 Å². The molecule has 2 unspecified atom stereocenters. The molecule has 0 spiro atoms. The first-order chi connectivity index (χ1) is 17.5. The van der Waals surface area contributed by atoms with E-state index >= 15 is 4.39 Å². The number of hydrogen-bond donors (Lipinski definition) is 2. The second-order valence-corrected chi connectivity index (χ2v) is 10.1. The van der Waals surface area contributed by atoms with Crippen LogP contribution in [0.2, 0.25) is 0 Å². The van der Waals surface area contributed by atoms with E-state index in [0.29, 0.717) is 19.0 Å². The summed E-state index contributed by atoms with van der Waals surface area (Å²) < 4.78 is 67.0. The number of halogens is 4. The summed E-state index contributed by atoms with van der Waals surface area (Å²) in [5, 5.41) is 5.69. The number of rotatable bonds is 7. The molecule has 1 aromatic heterocycles. The number of nitrogens with one attached hydrogen (secondary N) is 2. The minimum Gasteiger partial charge on any atom is -0.495 e. The summed E-state index contributed by atoms with van der Waals surface area (Å²) in [4.78, 5) is 23.0. The number of aromatic nitrogens is 2. The third kappa shape index (κ3) is 6.16. The molecule has 2 aliphatic carbocycles. The molecule has 0 bridgehead atoms. The van der Waals surface area contributed by atoms with Crippen LogP contribution in [0, 0.1) is 5.41 Å². The van der Waals surface area contributed by atoms with Crippen molar-refractivity contribution in [1.82, 2.24) is 20.2 Å². The van der Waals surface area contributed by atoms with Crippen LogP contribution in [0.15, 0.2) is 29.8 Å². The first-order valence-electron chi connectivity index (χ1n) is 12.5. The molecule has 0 aromatic carbocycles. The molecule has 0 radical (unpaired) electrons. The van der Waals surface area contributed by atoms with Gasteiger partial charge < -0.3 is 25.0 Å². The van der Waals surface area contributed by atoms with Crippen LogP contribution in [0.5, 0.6) is 5.88 Å². The summed E-state index contributed by atoms with van der Waals surface area (Å²) in [6, 6.07) is -0.0468. The van der Waals surface area contributed by atoms with E-state index in [1.165, 1.54) is 20.1 Å². The largest absolute Gasteiger partial charge is 0.495 e. The van der Waals surface area contributed by atoms with Gasteiger partial charge in [-0.2, -0.15) is 18.2 Å². The maximum Gasteiger partial charge on any atom is 0.423 e. The molecule has 4 rings (SSSR count). The number of anilines is 1. The number of piperidine rings is 1. The topological polar surface area (TPSA) is 88.6 Å². The molecule has 1 aromatic rings. The molecule has 2 atom stereocenters. The highest BCUT2D eigenvalue weighted by Gasteiger charge is 2.44. The number of ether oxygens (including phenoxy) is 2. The minimum atomic E-state index is -4.69. The third-order valence-electron chi connectivity index (χ3n) is 7.23. The molecule has 1 saturated heterocycles. The van der Waals surface area contributed by atoms with Crippen molar-refractivity contribution in [1.29, 1.82) is 0 Å². The quantitative estimate of drug-likeness (QED) is 0.514. The van der Waals surface area contributed by atoms with Gasteiger partial charge in [-0.25, -0.2) is 9.37 Å². The Labute approximate surface area is 213 Å². The maximum absolute atomic E-state index is 15.4. The molecule has 8 nitrogen and oxygen atoms in total. The van der Waals surface area contributed by atoms with Crippen molar-refractivity contribution in [3.05, 3.63) is 35.4 Å². The number of carbonyl (C=O) groups is 1. The van der Waals surface area contributed by atoms with E-state index in [2.05, 4.69) is 25.5 Å². The highest BCUT2D eigenvalue weighted by atomic mass is 19.4. The van der Waals surface area contributed by atoms with Crippen LogP contribution in [-0.4, -0.2) is 66.3 Å². The lowest BCUT2D eigenvalue weighted by molar-refractivity contribution is -0.140. The summed E-state index contributed by atoms with van der Waals surface area (Å²) >= 11 is 0. The van der Waals surface area contributed by atoms with Crippen LogP contribution < -0.4 is 15.4 Å². The Morgan fingerprint density at radius 2 is 1.86 bits per heavy atom. The second-order valence-electron chi connectivity index (χ2n) is 10.1. The zero-order valence-electron chi connectivity index (χ0n) is 21.2. The predicted octanol–water partition coefficient (Wildman–Crippen LogP) is 4.21. The van der Waals surface area contributed by atoms with Crippen LogP contribution >= 0.6 is 0 Å². The van der Waals surface area contributed by atoms with Gasteiger partial charge >= 0.3 is 6.18 Å². The number of carbonyl (C=O) groups excluding carboxylic acids is 1. The molecule has 12 heteroatoms. The van der Waals surface area contributed by atoms with Crippen LogP contribution in [0.4, 0.5) is 23.5 Å². The Hall–Kier alpha value is -2.89. The average molecular weight is 528 g/mol. The number of methoxy groups -OCH3 is 1. The Bertz CT molecular complexity index is 1050. The summed E-state index contributed by atoms with van der Waals surface area (Å²) in [5.74, 6) is -1.09. The Morgan fingerprint density at radius 1 is 1.19 bits per heavy atom. The molecular formula is C25H33F4N5O3. The molecule has 2 N–H and O–H groups in total. The lowest BCUT2D eigenvalue weighted by Crippen LogP contribution is -2.51. The van der Waals surface area contributed by atoms with Crippen molar-refractivity contribution in [3.63, 3.8) is 0 Å². The zero-order chi connectivity index (χ0) is 26.8. The lowest BCUT2D eigenvalue weighted by atomic mass is 9.79. The highest BCUT2D eigenvalue weighted by Crippen LogP contribution is 2.39. The standard InChI is InChI=1S/C25H33F4N5O3/c1-24(22(35)31-15-8-10-34(2)11-9-15)13-19(36-3)18(12-20(24)26)32-23-30-14-17(25(27,28)29)21(33-23)37-16-6-4-5-7-16/h12-16,20H,4-11H2,1-3H3,(H,31,35)(H,30,32,33). The fourth-order valence-electron chi connectivity index (χ4n) is 4.78. The molecule has 37 heavy (non-hydrogen) atoms. The maximum atomic E-state index is 15.4. The van der Waals surface area contributed by atoms with Crippen LogP contribution in [0.25, 0.3) is 0 Å². The number of likely N-dealkylation sites (tertiary alicyclic amines) is 1. The van der Waals surface area contributed by atoms with Crippen LogP contribution in [-0.2, 0) is 15.7 Å². The summed E-state index contributed by atoms with van der Waals surface area (Å²) in [6.45, 7) is 3.16. The van der Waals surface area contributed by atoms with E-state index in [-0.39, 0.29) is 29.6 Å². The monoisotopic (exact) mass is 527 g/mol. The van der Waals surface area contributed by atoms with Crippen molar-refractivity contribution in [2.24, 2.45) is 5.41 Å². The normalized spacial score (nSPS) is 25.9. The molecule has 1 amide bonds. The van der Waals surface area contributed by atoms with Crippen molar-refractivity contribution in [2.75, 3.05) is 32.6 Å². The third-order valence-corrected chi connectivity index (χ3v) is 7.23. The first-order valence-corrected chi connectivity index (χ1v) is 12.5. The van der Waals surface area contributed by atoms with Crippen molar-refractivity contribution < 1.29 is 31.8 Å². The van der Waals surface area contributed by atoms with Gasteiger partial charge in [0.25, 0.3) is 0 Å². The molecule has 2 heterocycles. The van der Waals surface area contributed by atoms with Gasteiger partial charge in [-0.05, 0) is 77.7 Å². The highest BCUT2D eigenvalue weighted by molar-refractivity contribution is 5.86. The Kier molecular flexibility index (Phi) is 7.96. The van der Waals surface area contributed by atoms with E-state index in [9.17, 15) is 18.0 Å². The molecule has 1 saturated carbocycles. The molecule has 3 aliphatic rings. The fraction of sp³-hybridized carbons (Fsp3) is 0.640. The number of hydrogen-bond acceptors (Lipinski definition) is 7. The van der Waals surface area contributed by atoms with Crippen molar-refractivity contribution in [3.8, 4) is 5.88 Å². The number of nitrogens with zero attached hydrogens (tertiary/aromatic N) is 3. The molecule has 204 valence electrons. The van der Waals surface area contributed by atoms with E-state index in [4.69, 9.17) is 9.47 Å². The molecular weight excluding hydrogens is 494 g/mol. The van der Waals surface area contributed by atoms with Gasteiger partial charge in [0.15, 0.2) is 0 Å². The summed E-state index contributed by atoms with van der Waals surface area (Å²) in [5.41, 5.74) is -2.50. The summed E-state index contributed by atoms with van der Waals surface area (Å²) in [7, 11) is 3.37.